The molecule has 0 amide bonds. The average molecular weight is 429 g/mol. The van der Waals surface area contributed by atoms with E-state index in [1.54, 1.807) is 11.3 Å². The van der Waals surface area contributed by atoms with Gasteiger partial charge in [0.05, 0.1) is 0 Å². The predicted molar refractivity (Wildman–Crippen MR) is 107 cm³/mol. The fraction of sp³-hybridized carbons (Fsp3) is 0.278. The summed E-state index contributed by atoms with van der Waals surface area (Å²) in [6.07, 6.45) is 0.947. The highest BCUT2D eigenvalue weighted by Crippen LogP contribution is 2.36. The van der Waals surface area contributed by atoms with Crippen LogP contribution in [0.25, 0.3) is 11.4 Å². The maximum Gasteiger partial charge on any atom is 0.446 e. The molecule has 1 aromatic carbocycles. The van der Waals surface area contributed by atoms with Crippen molar-refractivity contribution in [2.24, 2.45) is 0 Å². The Balaban J connectivity index is 0.000000200. The molecular weight excluding hydrogens is 409 g/mol. The molecule has 2 N–H and O–H groups in total. The van der Waals surface area contributed by atoms with Gasteiger partial charge >= 0.3 is 5.51 Å². The molecule has 0 saturated carbocycles. The summed E-state index contributed by atoms with van der Waals surface area (Å²) < 4.78 is 35.7. The fourth-order valence-corrected chi connectivity index (χ4v) is 3.48. The van der Waals surface area contributed by atoms with E-state index in [1.165, 1.54) is 24.3 Å². The first-order valence-corrected chi connectivity index (χ1v) is 9.86. The Kier molecular flexibility index (Phi) is 7.64. The zero-order chi connectivity index (χ0) is 20.7. The van der Waals surface area contributed by atoms with Crippen molar-refractivity contribution in [1.29, 1.82) is 0 Å². The number of imidazole rings is 1. The second-order valence-corrected chi connectivity index (χ2v) is 7.64. The second-order valence-electron chi connectivity index (χ2n) is 5.65. The Morgan fingerprint density at radius 3 is 2.36 bits per heavy atom. The summed E-state index contributed by atoms with van der Waals surface area (Å²) >= 11 is 1.43. The van der Waals surface area contributed by atoms with Crippen molar-refractivity contribution >= 4 is 34.5 Å². The molecule has 5 nitrogen and oxygen atoms in total. The number of rotatable bonds is 5. The summed E-state index contributed by atoms with van der Waals surface area (Å²) in [5.41, 5.74) is -0.602. The van der Waals surface area contributed by atoms with Gasteiger partial charge in [-0.25, -0.2) is 9.97 Å². The number of nitrogens with one attached hydrogen (secondary N) is 2. The van der Waals surface area contributed by atoms with Gasteiger partial charge in [0, 0.05) is 29.4 Å². The largest absolute Gasteiger partial charge is 0.446 e. The molecule has 0 unspecified atom stereocenters. The van der Waals surface area contributed by atoms with Crippen LogP contribution in [0.5, 0.6) is 0 Å². The number of aromatic nitrogens is 3. The van der Waals surface area contributed by atoms with E-state index < -0.39 is 5.51 Å². The minimum absolute atomic E-state index is 0.132. The molecule has 150 valence electrons. The molecule has 0 aliphatic carbocycles. The zero-order valence-electron chi connectivity index (χ0n) is 15.4. The highest BCUT2D eigenvalue weighted by atomic mass is 32.2. The van der Waals surface area contributed by atoms with Gasteiger partial charge in [0.1, 0.15) is 23.5 Å². The van der Waals surface area contributed by atoms with Crippen molar-refractivity contribution < 1.29 is 18.0 Å². The van der Waals surface area contributed by atoms with Crippen LogP contribution in [0.15, 0.2) is 34.5 Å². The summed E-state index contributed by atoms with van der Waals surface area (Å²) in [5, 5.41) is 5.94. The number of aldehydes is 1. The van der Waals surface area contributed by atoms with E-state index in [0.717, 1.165) is 28.0 Å². The van der Waals surface area contributed by atoms with Gasteiger partial charge in [-0.1, -0.05) is 12.1 Å². The molecule has 0 aliphatic heterocycles. The van der Waals surface area contributed by atoms with Crippen LogP contribution in [0.3, 0.4) is 0 Å². The van der Waals surface area contributed by atoms with Crippen LogP contribution in [-0.4, -0.2) is 33.8 Å². The number of anilines is 1. The van der Waals surface area contributed by atoms with E-state index >= 15 is 0 Å². The lowest BCUT2D eigenvalue weighted by Gasteiger charge is -2.05. The maximum atomic E-state index is 11.9. The average Bonchev–Trinajstić information content (AvgIpc) is 3.22. The molecule has 28 heavy (non-hydrogen) atoms. The molecular formula is C18H19F3N4OS2. The summed E-state index contributed by atoms with van der Waals surface area (Å²) in [6, 6.07) is 5.75. The molecule has 0 spiro atoms. The van der Waals surface area contributed by atoms with E-state index in [0.29, 0.717) is 11.8 Å². The molecule has 3 rings (SSSR count). The highest BCUT2D eigenvalue weighted by Gasteiger charge is 2.28. The maximum absolute atomic E-state index is 11.9. The van der Waals surface area contributed by atoms with E-state index in [1.807, 2.05) is 26.3 Å². The van der Waals surface area contributed by atoms with Gasteiger partial charge in [-0.05, 0) is 43.3 Å². The number of carbonyl (C=O) groups is 1. The number of aryl methyl sites for hydroxylation is 2. The molecule has 2 heterocycles. The standard InChI is InChI=1S/C9H7F3OS.C9H12N4S/c10-9(11,12)14-8-3-1-7(2-4-8)5-6-13;1-5-8(12-6(2)11-5)7-4-14-9(10-3)13-7/h1-4,6H,5H2;4H,1-3H3,(H,10,13)(H,11,12). The lowest BCUT2D eigenvalue weighted by molar-refractivity contribution is -0.107. The Labute approximate surface area is 168 Å². The van der Waals surface area contributed by atoms with Gasteiger partial charge in [-0.15, -0.1) is 11.3 Å². The Hall–Kier alpha value is -2.33. The summed E-state index contributed by atoms with van der Waals surface area (Å²) in [4.78, 5) is 22.2. The number of thioether (sulfide) groups is 1. The number of alkyl halides is 3. The van der Waals surface area contributed by atoms with Crippen LogP contribution in [0, 0.1) is 13.8 Å². The number of nitrogens with zero attached hydrogens (tertiary/aromatic N) is 2. The van der Waals surface area contributed by atoms with Crippen molar-refractivity contribution in [1.82, 2.24) is 15.0 Å². The minimum Gasteiger partial charge on any atom is -0.365 e. The lowest BCUT2D eigenvalue weighted by atomic mass is 10.2. The van der Waals surface area contributed by atoms with Crippen LogP contribution in [0.4, 0.5) is 18.3 Å². The first kappa shape index (κ1) is 22.0. The smallest absolute Gasteiger partial charge is 0.365 e. The number of H-pyrrole nitrogens is 1. The number of thiazole rings is 1. The van der Waals surface area contributed by atoms with Gasteiger partial charge in [0.25, 0.3) is 0 Å². The third-order valence-electron chi connectivity index (χ3n) is 3.44. The number of halogens is 3. The van der Waals surface area contributed by atoms with Crippen LogP contribution >= 0.6 is 23.1 Å². The minimum atomic E-state index is -4.26. The highest BCUT2D eigenvalue weighted by molar-refractivity contribution is 8.00. The number of benzene rings is 1. The summed E-state index contributed by atoms with van der Waals surface area (Å²) in [5.74, 6) is 0.927. The molecule has 0 bridgehead atoms. The van der Waals surface area contributed by atoms with Crippen molar-refractivity contribution in [3.63, 3.8) is 0 Å². The number of hydrogen-bond donors (Lipinski definition) is 2. The van der Waals surface area contributed by atoms with Gasteiger partial charge in [0.2, 0.25) is 0 Å². The third kappa shape index (κ3) is 6.68. The number of hydrogen-bond acceptors (Lipinski definition) is 6. The molecule has 0 aliphatic rings. The van der Waals surface area contributed by atoms with E-state index in [9.17, 15) is 18.0 Å². The van der Waals surface area contributed by atoms with Crippen LogP contribution in [-0.2, 0) is 11.2 Å². The number of carbonyl (C=O) groups excluding carboxylic acids is 1. The van der Waals surface area contributed by atoms with Crippen LogP contribution in [0.2, 0.25) is 0 Å². The third-order valence-corrected chi connectivity index (χ3v) is 5.04. The second kappa shape index (κ2) is 9.74. The molecule has 2 aromatic heterocycles. The first-order valence-electron chi connectivity index (χ1n) is 8.17. The van der Waals surface area contributed by atoms with Crippen molar-refractivity contribution in [2.75, 3.05) is 12.4 Å². The normalized spacial score (nSPS) is 10.9. The van der Waals surface area contributed by atoms with Crippen LogP contribution in [0.1, 0.15) is 17.1 Å². The lowest BCUT2D eigenvalue weighted by Crippen LogP contribution is -1.98. The van der Waals surface area contributed by atoms with Gasteiger partial charge in [-0.3, -0.25) is 0 Å². The molecule has 0 atom stereocenters. The molecule has 10 heteroatoms. The molecule has 0 fully saturated rings. The van der Waals surface area contributed by atoms with Crippen molar-refractivity contribution in [3.05, 3.63) is 46.7 Å². The Morgan fingerprint density at radius 2 is 1.89 bits per heavy atom. The Morgan fingerprint density at radius 1 is 1.21 bits per heavy atom. The quantitative estimate of drug-likeness (QED) is 0.430. The van der Waals surface area contributed by atoms with Gasteiger partial charge < -0.3 is 15.1 Å². The van der Waals surface area contributed by atoms with E-state index in [-0.39, 0.29) is 23.1 Å². The predicted octanol–water partition coefficient (Wildman–Crippen LogP) is 5.23. The summed E-state index contributed by atoms with van der Waals surface area (Å²) in [7, 11) is 1.87. The number of aromatic amines is 1. The van der Waals surface area contributed by atoms with E-state index in [2.05, 4.69) is 20.3 Å². The monoisotopic (exact) mass is 428 g/mol. The fourth-order valence-electron chi connectivity index (χ4n) is 2.28. The molecule has 3 aromatic rings. The molecule has 0 radical (unpaired) electrons. The Bertz CT molecular complexity index is 904. The SMILES string of the molecule is CNc1nc(-c2nc(C)[nH]c2C)cs1.O=CCc1ccc(SC(F)(F)F)cc1. The zero-order valence-corrected chi connectivity index (χ0v) is 17.1. The van der Waals surface area contributed by atoms with Crippen molar-refractivity contribution in [2.45, 2.75) is 30.7 Å². The topological polar surface area (TPSA) is 70.7 Å². The molecule has 0 saturated heterocycles. The van der Waals surface area contributed by atoms with Crippen LogP contribution < -0.4 is 5.32 Å². The first-order chi connectivity index (χ1) is 13.2. The van der Waals surface area contributed by atoms with Crippen molar-refractivity contribution in [3.8, 4) is 11.4 Å². The van der Waals surface area contributed by atoms with E-state index in [4.69, 9.17) is 0 Å². The summed E-state index contributed by atoms with van der Waals surface area (Å²) in [6.45, 7) is 3.95. The van der Waals surface area contributed by atoms with Gasteiger partial charge in [-0.2, -0.15) is 13.2 Å². The van der Waals surface area contributed by atoms with Gasteiger partial charge in [0.15, 0.2) is 5.13 Å².